The summed E-state index contributed by atoms with van der Waals surface area (Å²) in [6.07, 6.45) is 2.53. The Morgan fingerprint density at radius 1 is 1.33 bits per heavy atom. The maximum absolute atomic E-state index is 5.85. The molecule has 0 radical (unpaired) electrons. The van der Waals surface area contributed by atoms with Crippen molar-refractivity contribution in [3.8, 4) is 17.2 Å². The van der Waals surface area contributed by atoms with Crippen LogP contribution in [0, 0.1) is 0 Å². The molecule has 1 aromatic heterocycles. The monoisotopic (exact) mass is 290 g/mol. The van der Waals surface area contributed by atoms with Crippen LogP contribution in [-0.4, -0.2) is 21.6 Å². The summed E-state index contributed by atoms with van der Waals surface area (Å²) in [5, 5.41) is 4.17. The van der Waals surface area contributed by atoms with E-state index in [1.54, 1.807) is 0 Å². The fraction of sp³-hybridized carbons (Fsp3) is 0.429. The Kier molecular flexibility index (Phi) is 3.92. The predicted octanol–water partition coefficient (Wildman–Crippen LogP) is 1.45. The highest BCUT2D eigenvalue weighted by atomic mass is 16.7. The van der Waals surface area contributed by atoms with Gasteiger partial charge >= 0.3 is 0 Å². The Balaban J connectivity index is 1.77. The summed E-state index contributed by atoms with van der Waals surface area (Å²) in [7, 11) is 0. The predicted molar refractivity (Wildman–Crippen MR) is 75.1 cm³/mol. The van der Waals surface area contributed by atoms with Gasteiger partial charge in [-0.05, 0) is 12.5 Å². The van der Waals surface area contributed by atoms with Crippen molar-refractivity contribution in [2.45, 2.75) is 33.0 Å². The van der Waals surface area contributed by atoms with Crippen molar-refractivity contribution < 1.29 is 14.2 Å². The van der Waals surface area contributed by atoms with Crippen LogP contribution in [0.15, 0.2) is 18.5 Å². The van der Waals surface area contributed by atoms with Gasteiger partial charge in [-0.25, -0.2) is 9.67 Å². The molecular weight excluding hydrogens is 272 g/mol. The number of hydrogen-bond acceptors (Lipinski definition) is 6. The summed E-state index contributed by atoms with van der Waals surface area (Å²) in [5.74, 6) is 2.86. The fourth-order valence-electron chi connectivity index (χ4n) is 2.20. The standard InChI is InChI=1S/C14H18N4O3/c1-2-3-18-14(16-8-17-18)7-19-11-5-13-12(20-9-21-13)4-10(11)6-15/h4-5,8H,2-3,6-7,9,15H2,1H3. The Morgan fingerprint density at radius 3 is 2.90 bits per heavy atom. The number of aryl methyl sites for hydroxylation is 1. The van der Waals surface area contributed by atoms with Crippen LogP contribution in [0.5, 0.6) is 17.2 Å². The van der Waals surface area contributed by atoms with E-state index in [9.17, 15) is 0 Å². The van der Waals surface area contributed by atoms with E-state index in [-0.39, 0.29) is 6.79 Å². The van der Waals surface area contributed by atoms with Crippen molar-refractivity contribution in [1.29, 1.82) is 0 Å². The third-order valence-electron chi connectivity index (χ3n) is 3.26. The Bertz CT molecular complexity index is 627. The maximum atomic E-state index is 5.85. The van der Waals surface area contributed by atoms with Crippen molar-refractivity contribution in [2.75, 3.05) is 6.79 Å². The number of hydrogen-bond donors (Lipinski definition) is 1. The van der Waals surface area contributed by atoms with Crippen LogP contribution in [0.3, 0.4) is 0 Å². The van der Waals surface area contributed by atoms with Crippen LogP contribution < -0.4 is 19.9 Å². The average Bonchev–Trinajstić information content (AvgIpc) is 3.12. The number of nitrogens with two attached hydrogens (primary N) is 1. The molecule has 1 aliphatic heterocycles. The molecule has 3 rings (SSSR count). The van der Waals surface area contributed by atoms with E-state index in [1.165, 1.54) is 6.33 Å². The van der Waals surface area contributed by atoms with Crippen LogP contribution in [0.25, 0.3) is 0 Å². The minimum absolute atomic E-state index is 0.230. The molecule has 2 heterocycles. The maximum Gasteiger partial charge on any atom is 0.231 e. The van der Waals surface area contributed by atoms with Gasteiger partial charge in [0.25, 0.3) is 0 Å². The first-order chi connectivity index (χ1) is 10.3. The number of fused-ring (bicyclic) bond motifs is 1. The van der Waals surface area contributed by atoms with Gasteiger partial charge < -0.3 is 19.9 Å². The molecule has 0 aliphatic carbocycles. The molecule has 112 valence electrons. The van der Waals surface area contributed by atoms with E-state index in [1.807, 2.05) is 16.8 Å². The molecule has 0 spiro atoms. The molecule has 1 aliphatic rings. The van der Waals surface area contributed by atoms with Gasteiger partial charge in [0.05, 0.1) is 0 Å². The molecule has 0 bridgehead atoms. The van der Waals surface area contributed by atoms with E-state index >= 15 is 0 Å². The van der Waals surface area contributed by atoms with Crippen LogP contribution in [-0.2, 0) is 19.7 Å². The van der Waals surface area contributed by atoms with Crippen molar-refractivity contribution in [3.63, 3.8) is 0 Å². The second kappa shape index (κ2) is 6.01. The molecule has 2 N–H and O–H groups in total. The zero-order valence-electron chi connectivity index (χ0n) is 11.9. The SMILES string of the molecule is CCCn1ncnc1COc1cc2c(cc1CN)OCO2. The van der Waals surface area contributed by atoms with Crippen molar-refractivity contribution in [1.82, 2.24) is 14.8 Å². The van der Waals surface area contributed by atoms with E-state index in [4.69, 9.17) is 19.9 Å². The largest absolute Gasteiger partial charge is 0.485 e. The topological polar surface area (TPSA) is 84.4 Å². The van der Waals surface area contributed by atoms with Gasteiger partial charge in [-0.1, -0.05) is 6.92 Å². The number of rotatable bonds is 6. The Hall–Kier alpha value is -2.28. The second-order valence-electron chi connectivity index (χ2n) is 4.71. The lowest BCUT2D eigenvalue weighted by Gasteiger charge is -2.11. The fourth-order valence-corrected chi connectivity index (χ4v) is 2.20. The van der Waals surface area contributed by atoms with E-state index in [0.29, 0.717) is 30.4 Å². The Labute approximate surface area is 122 Å². The minimum atomic E-state index is 0.230. The van der Waals surface area contributed by atoms with Gasteiger partial charge in [-0.3, -0.25) is 0 Å². The van der Waals surface area contributed by atoms with Crippen molar-refractivity contribution in [3.05, 3.63) is 29.8 Å². The first kappa shape index (κ1) is 13.7. The summed E-state index contributed by atoms with van der Waals surface area (Å²) in [4.78, 5) is 4.22. The molecule has 7 heteroatoms. The molecular formula is C14H18N4O3. The highest BCUT2D eigenvalue weighted by molar-refractivity contribution is 5.51. The summed E-state index contributed by atoms with van der Waals surface area (Å²) in [6.45, 7) is 3.86. The molecule has 0 fully saturated rings. The van der Waals surface area contributed by atoms with Crippen molar-refractivity contribution >= 4 is 0 Å². The Morgan fingerprint density at radius 2 is 2.14 bits per heavy atom. The normalized spacial score (nSPS) is 12.7. The number of aromatic nitrogens is 3. The van der Waals surface area contributed by atoms with Gasteiger partial charge in [-0.2, -0.15) is 5.10 Å². The molecule has 0 atom stereocenters. The molecule has 7 nitrogen and oxygen atoms in total. The van der Waals surface area contributed by atoms with E-state index in [2.05, 4.69) is 17.0 Å². The van der Waals surface area contributed by atoms with Gasteiger partial charge in [-0.15, -0.1) is 0 Å². The lowest BCUT2D eigenvalue weighted by molar-refractivity contribution is 0.173. The summed E-state index contributed by atoms with van der Waals surface area (Å²) >= 11 is 0. The molecule has 2 aromatic rings. The van der Waals surface area contributed by atoms with Gasteiger partial charge in [0, 0.05) is 24.7 Å². The first-order valence-corrected chi connectivity index (χ1v) is 6.94. The lowest BCUT2D eigenvalue weighted by atomic mass is 10.2. The third kappa shape index (κ3) is 2.78. The highest BCUT2D eigenvalue weighted by Gasteiger charge is 2.18. The van der Waals surface area contributed by atoms with E-state index < -0.39 is 0 Å². The van der Waals surface area contributed by atoms with Crippen LogP contribution in [0.4, 0.5) is 0 Å². The molecule has 0 unspecified atom stereocenters. The molecule has 21 heavy (non-hydrogen) atoms. The average molecular weight is 290 g/mol. The highest BCUT2D eigenvalue weighted by Crippen LogP contribution is 2.38. The number of nitrogens with zero attached hydrogens (tertiary/aromatic N) is 3. The zero-order valence-corrected chi connectivity index (χ0v) is 11.9. The number of benzene rings is 1. The van der Waals surface area contributed by atoms with Gasteiger partial charge in [0.2, 0.25) is 6.79 Å². The van der Waals surface area contributed by atoms with Crippen LogP contribution in [0.2, 0.25) is 0 Å². The van der Waals surface area contributed by atoms with Gasteiger partial charge in [0.1, 0.15) is 18.7 Å². The second-order valence-corrected chi connectivity index (χ2v) is 4.71. The van der Waals surface area contributed by atoms with Crippen LogP contribution >= 0.6 is 0 Å². The lowest BCUT2D eigenvalue weighted by Crippen LogP contribution is -2.09. The zero-order chi connectivity index (χ0) is 14.7. The summed E-state index contributed by atoms with van der Waals surface area (Å²) in [5.41, 5.74) is 6.64. The first-order valence-electron chi connectivity index (χ1n) is 6.94. The number of ether oxygens (including phenoxy) is 3. The van der Waals surface area contributed by atoms with E-state index in [0.717, 1.165) is 24.4 Å². The molecule has 0 saturated heterocycles. The molecule has 1 aromatic carbocycles. The summed E-state index contributed by atoms with van der Waals surface area (Å²) in [6, 6.07) is 3.67. The summed E-state index contributed by atoms with van der Waals surface area (Å²) < 4.78 is 18.4. The smallest absolute Gasteiger partial charge is 0.231 e. The quantitative estimate of drug-likeness (QED) is 0.867. The molecule has 0 amide bonds. The third-order valence-corrected chi connectivity index (χ3v) is 3.26. The van der Waals surface area contributed by atoms with Crippen molar-refractivity contribution in [2.24, 2.45) is 5.73 Å². The van der Waals surface area contributed by atoms with Crippen LogP contribution in [0.1, 0.15) is 24.7 Å². The minimum Gasteiger partial charge on any atom is -0.485 e. The van der Waals surface area contributed by atoms with Gasteiger partial charge in [0.15, 0.2) is 17.3 Å². The molecule has 0 saturated carbocycles.